The Hall–Kier alpha value is -2.86. The Balaban J connectivity index is 1.66. The molecule has 0 aromatic heterocycles. The number of anilines is 1. The standard InChI is InChI=1S/C20H21N3O3/c1-14-11-19(24)21-22(14)12-20(25)23-16-9-5-6-10-18(16)26-13-17(23)15-7-3-2-4-8-15/h2-10,14,17H,11-13H2,1H3,(H,21,24)/t14-,17+/m1/s1. The van der Waals surface area contributed by atoms with Gasteiger partial charge in [0, 0.05) is 12.5 Å². The highest BCUT2D eigenvalue weighted by atomic mass is 16.5. The fraction of sp³-hybridized carbons (Fsp3) is 0.300. The summed E-state index contributed by atoms with van der Waals surface area (Å²) in [5.74, 6) is 0.586. The smallest absolute Gasteiger partial charge is 0.243 e. The number of nitrogens with zero attached hydrogens (tertiary/aromatic N) is 2. The van der Waals surface area contributed by atoms with Gasteiger partial charge in [0.1, 0.15) is 12.4 Å². The Kier molecular flexibility index (Phi) is 4.34. The maximum Gasteiger partial charge on any atom is 0.243 e. The first-order valence-corrected chi connectivity index (χ1v) is 8.78. The second-order valence-electron chi connectivity index (χ2n) is 6.68. The summed E-state index contributed by atoms with van der Waals surface area (Å²) in [6.07, 6.45) is 0.412. The van der Waals surface area contributed by atoms with E-state index in [9.17, 15) is 9.59 Å². The minimum absolute atomic E-state index is 0.00194. The number of rotatable bonds is 3. The van der Waals surface area contributed by atoms with Crippen molar-refractivity contribution in [3.63, 3.8) is 0 Å². The van der Waals surface area contributed by atoms with Gasteiger partial charge in [-0.2, -0.15) is 0 Å². The number of amides is 2. The minimum atomic E-state index is -0.202. The van der Waals surface area contributed by atoms with Gasteiger partial charge in [0.15, 0.2) is 0 Å². The van der Waals surface area contributed by atoms with E-state index in [1.807, 2.05) is 61.5 Å². The van der Waals surface area contributed by atoms with E-state index in [0.29, 0.717) is 18.8 Å². The second kappa shape index (κ2) is 6.80. The number of ether oxygens (including phenoxy) is 1. The summed E-state index contributed by atoms with van der Waals surface area (Å²) in [6, 6.07) is 17.2. The van der Waals surface area contributed by atoms with Gasteiger partial charge >= 0.3 is 0 Å². The number of nitrogens with one attached hydrogen (secondary N) is 1. The van der Waals surface area contributed by atoms with Crippen LogP contribution in [0.5, 0.6) is 5.75 Å². The Morgan fingerprint density at radius 2 is 1.88 bits per heavy atom. The lowest BCUT2D eigenvalue weighted by Crippen LogP contribution is -2.49. The molecule has 1 N–H and O–H groups in total. The van der Waals surface area contributed by atoms with Gasteiger partial charge in [-0.1, -0.05) is 42.5 Å². The van der Waals surface area contributed by atoms with Gasteiger partial charge in [-0.15, -0.1) is 0 Å². The third-order valence-corrected chi connectivity index (χ3v) is 4.87. The molecule has 0 unspecified atom stereocenters. The molecule has 2 atom stereocenters. The topological polar surface area (TPSA) is 61.9 Å². The van der Waals surface area contributed by atoms with Crippen LogP contribution >= 0.6 is 0 Å². The Bertz CT molecular complexity index is 824. The molecule has 0 aliphatic carbocycles. The zero-order chi connectivity index (χ0) is 18.1. The number of hydrogen-bond acceptors (Lipinski definition) is 4. The highest BCUT2D eigenvalue weighted by Crippen LogP contribution is 2.39. The van der Waals surface area contributed by atoms with Crippen LogP contribution in [0.25, 0.3) is 0 Å². The number of benzene rings is 2. The fourth-order valence-electron chi connectivity index (χ4n) is 3.53. The maximum atomic E-state index is 13.2. The highest BCUT2D eigenvalue weighted by Gasteiger charge is 2.36. The van der Waals surface area contributed by atoms with Crippen LogP contribution in [0.4, 0.5) is 5.69 Å². The fourth-order valence-corrected chi connectivity index (χ4v) is 3.53. The third-order valence-electron chi connectivity index (χ3n) is 4.87. The molecule has 2 aliphatic rings. The first-order chi connectivity index (χ1) is 12.6. The third kappa shape index (κ3) is 3.04. The van der Waals surface area contributed by atoms with Crippen LogP contribution in [-0.4, -0.2) is 36.0 Å². The van der Waals surface area contributed by atoms with Gasteiger partial charge in [-0.05, 0) is 24.6 Å². The van der Waals surface area contributed by atoms with Crippen molar-refractivity contribution in [2.75, 3.05) is 18.1 Å². The van der Waals surface area contributed by atoms with Crippen molar-refractivity contribution in [3.8, 4) is 5.75 Å². The van der Waals surface area contributed by atoms with Gasteiger partial charge in [-0.25, -0.2) is 5.01 Å². The van der Waals surface area contributed by atoms with Gasteiger partial charge in [0.2, 0.25) is 11.8 Å². The lowest BCUT2D eigenvalue weighted by molar-refractivity contribution is -0.123. The van der Waals surface area contributed by atoms with E-state index in [4.69, 9.17) is 4.74 Å². The van der Waals surface area contributed by atoms with Crippen molar-refractivity contribution >= 4 is 17.5 Å². The summed E-state index contributed by atoms with van der Waals surface area (Å²) >= 11 is 0. The summed E-state index contributed by atoms with van der Waals surface area (Å²) in [4.78, 5) is 26.6. The quantitative estimate of drug-likeness (QED) is 0.922. The van der Waals surface area contributed by atoms with Crippen LogP contribution < -0.4 is 15.1 Å². The average molecular weight is 351 g/mol. The monoisotopic (exact) mass is 351 g/mol. The molecule has 2 aromatic rings. The van der Waals surface area contributed by atoms with E-state index in [0.717, 1.165) is 11.3 Å². The summed E-state index contributed by atoms with van der Waals surface area (Å²) in [5.41, 5.74) is 4.55. The van der Waals surface area contributed by atoms with E-state index >= 15 is 0 Å². The number of hydrazine groups is 1. The molecule has 4 rings (SSSR count). The molecule has 0 spiro atoms. The normalized spacial score (nSPS) is 22.5. The predicted octanol–water partition coefficient (Wildman–Crippen LogP) is 2.28. The lowest BCUT2D eigenvalue weighted by Gasteiger charge is -2.38. The minimum Gasteiger partial charge on any atom is -0.489 e. The maximum absolute atomic E-state index is 13.2. The van der Waals surface area contributed by atoms with E-state index in [1.165, 1.54) is 0 Å². The van der Waals surface area contributed by atoms with Crippen LogP contribution in [0, 0.1) is 0 Å². The molecule has 1 fully saturated rings. The van der Waals surface area contributed by atoms with Gasteiger partial charge in [-0.3, -0.25) is 19.9 Å². The molecule has 2 amide bonds. The van der Waals surface area contributed by atoms with Crippen molar-refractivity contribution in [1.82, 2.24) is 10.4 Å². The van der Waals surface area contributed by atoms with Gasteiger partial charge in [0.25, 0.3) is 0 Å². The number of fused-ring (bicyclic) bond motifs is 1. The van der Waals surface area contributed by atoms with Crippen LogP contribution in [0.3, 0.4) is 0 Å². The largest absolute Gasteiger partial charge is 0.489 e. The molecular weight excluding hydrogens is 330 g/mol. The highest BCUT2D eigenvalue weighted by molar-refractivity contribution is 5.97. The second-order valence-corrected chi connectivity index (χ2v) is 6.68. The van der Waals surface area contributed by atoms with Gasteiger partial charge < -0.3 is 4.74 Å². The molecule has 0 bridgehead atoms. The van der Waals surface area contributed by atoms with E-state index < -0.39 is 0 Å². The SMILES string of the molecule is C[C@@H]1CC(=O)NN1CC(=O)N1c2ccccc2OC[C@H]1c1ccccc1. The van der Waals surface area contributed by atoms with Crippen LogP contribution in [0.1, 0.15) is 24.9 Å². The van der Waals surface area contributed by atoms with E-state index in [1.54, 1.807) is 9.91 Å². The number of hydrogen-bond donors (Lipinski definition) is 1. The van der Waals surface area contributed by atoms with Crippen LogP contribution in [0.15, 0.2) is 54.6 Å². The predicted molar refractivity (Wildman–Crippen MR) is 97.5 cm³/mol. The first-order valence-electron chi connectivity index (χ1n) is 8.78. The molecule has 26 heavy (non-hydrogen) atoms. The number of carbonyl (C=O) groups is 2. The average Bonchev–Trinajstić information content (AvgIpc) is 2.98. The van der Waals surface area contributed by atoms with Crippen molar-refractivity contribution in [2.45, 2.75) is 25.4 Å². The molecule has 1 saturated heterocycles. The summed E-state index contributed by atoms with van der Waals surface area (Å²) in [7, 11) is 0. The van der Waals surface area contributed by atoms with Crippen molar-refractivity contribution < 1.29 is 14.3 Å². The molecule has 2 aliphatic heterocycles. The first kappa shape index (κ1) is 16.6. The zero-order valence-corrected chi connectivity index (χ0v) is 14.6. The lowest BCUT2D eigenvalue weighted by atomic mass is 10.0. The Morgan fingerprint density at radius 3 is 2.62 bits per heavy atom. The zero-order valence-electron chi connectivity index (χ0n) is 14.6. The van der Waals surface area contributed by atoms with Gasteiger partial charge in [0.05, 0.1) is 18.3 Å². The number of para-hydroxylation sites is 2. The Labute approximate surface area is 152 Å². The molecular formula is C20H21N3O3. The molecule has 6 nitrogen and oxygen atoms in total. The molecule has 0 radical (unpaired) electrons. The molecule has 0 saturated carbocycles. The van der Waals surface area contributed by atoms with Crippen molar-refractivity contribution in [2.24, 2.45) is 0 Å². The van der Waals surface area contributed by atoms with Crippen molar-refractivity contribution in [3.05, 3.63) is 60.2 Å². The number of carbonyl (C=O) groups excluding carboxylic acids is 2. The van der Waals surface area contributed by atoms with Crippen LogP contribution in [0.2, 0.25) is 0 Å². The summed E-state index contributed by atoms with van der Waals surface area (Å²) in [6.45, 7) is 2.46. The Morgan fingerprint density at radius 1 is 1.15 bits per heavy atom. The van der Waals surface area contributed by atoms with Crippen LogP contribution in [-0.2, 0) is 9.59 Å². The molecule has 2 aromatic carbocycles. The molecule has 6 heteroatoms. The van der Waals surface area contributed by atoms with Crippen molar-refractivity contribution in [1.29, 1.82) is 0 Å². The molecule has 2 heterocycles. The van der Waals surface area contributed by atoms with E-state index in [-0.39, 0.29) is 30.4 Å². The van der Waals surface area contributed by atoms with E-state index in [2.05, 4.69) is 5.43 Å². The molecule has 134 valence electrons. The summed E-state index contributed by atoms with van der Waals surface area (Å²) < 4.78 is 5.90. The summed E-state index contributed by atoms with van der Waals surface area (Å²) in [5, 5.41) is 1.71.